The van der Waals surface area contributed by atoms with E-state index in [1.54, 1.807) is 0 Å². The predicted octanol–water partition coefficient (Wildman–Crippen LogP) is 6.20. The van der Waals surface area contributed by atoms with Gasteiger partial charge in [0.1, 0.15) is 0 Å². The summed E-state index contributed by atoms with van der Waals surface area (Å²) in [5, 5.41) is 13.7. The van der Waals surface area contributed by atoms with Crippen molar-refractivity contribution < 1.29 is 4.79 Å². The largest absolute Gasteiger partial charge is 0.321 e. The lowest BCUT2D eigenvalue weighted by atomic mass is 10.1. The Morgan fingerprint density at radius 3 is 2.91 bits per heavy atom. The molecule has 1 fully saturated rings. The summed E-state index contributed by atoms with van der Waals surface area (Å²) in [4.78, 5) is 16.2. The summed E-state index contributed by atoms with van der Waals surface area (Å²) in [5.74, 6) is 0.686. The van der Waals surface area contributed by atoms with Crippen LogP contribution >= 0.6 is 11.3 Å². The first-order valence-electron chi connectivity index (χ1n) is 11.4. The number of nitrogens with zero attached hydrogens (tertiary/aromatic N) is 2. The Bertz CT molecular complexity index is 1320. The number of aromatic amines is 1. The second kappa shape index (κ2) is 9.33. The van der Waals surface area contributed by atoms with E-state index < -0.39 is 0 Å². The molecular weight excluding hydrogens is 428 g/mol. The van der Waals surface area contributed by atoms with Gasteiger partial charge < -0.3 is 5.32 Å². The fraction of sp³-hybridized carbons (Fsp3) is 0.259. The number of H-pyrrole nitrogens is 1. The number of carbonyl (C=O) groups excluding carboxylic acids is 1. The molecule has 4 aromatic rings. The number of aromatic nitrogens is 2. The minimum atomic E-state index is -0.0608. The number of para-hydroxylation sites is 1. The van der Waals surface area contributed by atoms with Crippen molar-refractivity contribution in [3.63, 3.8) is 0 Å². The molecule has 1 aliphatic rings. The Kier molecular flexibility index (Phi) is 6.11. The van der Waals surface area contributed by atoms with Crippen molar-refractivity contribution in [3.05, 3.63) is 81.2 Å². The minimum Gasteiger partial charge on any atom is -0.321 e. The van der Waals surface area contributed by atoms with Crippen LogP contribution in [-0.2, 0) is 6.54 Å². The van der Waals surface area contributed by atoms with E-state index in [2.05, 4.69) is 51.6 Å². The molecule has 1 aliphatic heterocycles. The third kappa shape index (κ3) is 4.77. The van der Waals surface area contributed by atoms with Gasteiger partial charge in [-0.25, -0.2) is 0 Å². The van der Waals surface area contributed by atoms with Crippen LogP contribution in [0.4, 0.5) is 5.69 Å². The number of carbonyl (C=O) groups is 1. The van der Waals surface area contributed by atoms with Crippen LogP contribution in [-0.4, -0.2) is 34.1 Å². The molecule has 3 heterocycles. The average molecular weight is 457 g/mol. The fourth-order valence-corrected chi connectivity index (χ4v) is 5.27. The Hall–Kier alpha value is -3.22. The zero-order valence-corrected chi connectivity index (χ0v) is 19.8. The first-order valence-corrected chi connectivity index (χ1v) is 12.3. The Labute approximate surface area is 198 Å². The van der Waals surface area contributed by atoms with Crippen LogP contribution in [0.25, 0.3) is 23.1 Å². The summed E-state index contributed by atoms with van der Waals surface area (Å²) in [6.45, 7) is 7.44. The molecule has 1 amide bonds. The maximum atomic E-state index is 13.0. The Morgan fingerprint density at radius 1 is 1.24 bits per heavy atom. The second-order valence-corrected chi connectivity index (χ2v) is 9.84. The van der Waals surface area contributed by atoms with Gasteiger partial charge in [0.15, 0.2) is 0 Å². The molecule has 5 nitrogen and oxygen atoms in total. The van der Waals surface area contributed by atoms with Crippen molar-refractivity contribution in [2.45, 2.75) is 26.8 Å². The maximum absolute atomic E-state index is 13.0. The van der Waals surface area contributed by atoms with Gasteiger partial charge in [0.25, 0.3) is 5.91 Å². The number of hydrogen-bond donors (Lipinski definition) is 2. The van der Waals surface area contributed by atoms with E-state index in [1.165, 1.54) is 23.3 Å². The number of anilines is 1. The van der Waals surface area contributed by atoms with Gasteiger partial charge in [-0.05, 0) is 72.2 Å². The molecule has 0 aliphatic carbocycles. The monoisotopic (exact) mass is 456 g/mol. The molecule has 1 atom stereocenters. The molecule has 0 saturated carbocycles. The van der Waals surface area contributed by atoms with Crippen molar-refractivity contribution in [1.29, 1.82) is 0 Å². The Balaban J connectivity index is 1.45. The third-order valence-electron chi connectivity index (χ3n) is 6.27. The van der Waals surface area contributed by atoms with Gasteiger partial charge in [-0.3, -0.25) is 14.8 Å². The summed E-state index contributed by atoms with van der Waals surface area (Å²) in [6, 6.07) is 16.4. The SMILES string of the molecule is Cc1ccsc1C(=O)Nc1cc(CN2CCC(C)C2)ccc1/C=C/c1n[nH]c2ccccc12. The Morgan fingerprint density at radius 2 is 2.12 bits per heavy atom. The van der Waals surface area contributed by atoms with Gasteiger partial charge in [0, 0.05) is 24.2 Å². The summed E-state index contributed by atoms with van der Waals surface area (Å²) >= 11 is 1.47. The van der Waals surface area contributed by atoms with Crippen LogP contribution in [0.15, 0.2) is 53.9 Å². The summed E-state index contributed by atoms with van der Waals surface area (Å²) in [6.07, 6.45) is 5.28. The van der Waals surface area contributed by atoms with Crippen LogP contribution in [0.3, 0.4) is 0 Å². The number of aryl methyl sites for hydroxylation is 1. The maximum Gasteiger partial charge on any atom is 0.266 e. The van der Waals surface area contributed by atoms with Gasteiger partial charge >= 0.3 is 0 Å². The van der Waals surface area contributed by atoms with E-state index in [4.69, 9.17) is 0 Å². The van der Waals surface area contributed by atoms with E-state index >= 15 is 0 Å². The lowest BCUT2D eigenvalue weighted by Crippen LogP contribution is -2.20. The molecule has 1 unspecified atom stereocenters. The minimum absolute atomic E-state index is 0.0608. The highest BCUT2D eigenvalue weighted by molar-refractivity contribution is 7.12. The zero-order valence-electron chi connectivity index (χ0n) is 19.0. The molecule has 2 aromatic heterocycles. The molecule has 0 bridgehead atoms. The fourth-order valence-electron chi connectivity index (χ4n) is 4.45. The van der Waals surface area contributed by atoms with E-state index in [0.717, 1.165) is 63.8 Å². The van der Waals surface area contributed by atoms with Crippen molar-refractivity contribution in [2.24, 2.45) is 5.92 Å². The lowest BCUT2D eigenvalue weighted by molar-refractivity contribution is 0.103. The molecule has 2 N–H and O–H groups in total. The first-order chi connectivity index (χ1) is 16.1. The van der Waals surface area contributed by atoms with Gasteiger partial charge in [0.05, 0.1) is 16.1 Å². The van der Waals surface area contributed by atoms with Gasteiger partial charge in [-0.15, -0.1) is 11.3 Å². The molecule has 2 aromatic carbocycles. The normalized spacial score (nSPS) is 16.7. The molecule has 6 heteroatoms. The summed E-state index contributed by atoms with van der Waals surface area (Å²) in [7, 11) is 0. The van der Waals surface area contributed by atoms with E-state index in [0.29, 0.717) is 0 Å². The van der Waals surface area contributed by atoms with Crippen LogP contribution in [0.1, 0.15) is 45.4 Å². The van der Waals surface area contributed by atoms with Gasteiger partial charge in [-0.1, -0.05) is 43.3 Å². The summed E-state index contributed by atoms with van der Waals surface area (Å²) in [5.41, 5.74) is 5.89. The van der Waals surface area contributed by atoms with Crippen molar-refractivity contribution in [2.75, 3.05) is 18.4 Å². The van der Waals surface area contributed by atoms with Crippen LogP contribution in [0.2, 0.25) is 0 Å². The number of fused-ring (bicyclic) bond motifs is 1. The highest BCUT2D eigenvalue weighted by Gasteiger charge is 2.19. The smallest absolute Gasteiger partial charge is 0.266 e. The van der Waals surface area contributed by atoms with Gasteiger partial charge in [0.2, 0.25) is 0 Å². The van der Waals surface area contributed by atoms with E-state index in [1.807, 2.05) is 48.7 Å². The molecule has 5 rings (SSSR count). The number of rotatable bonds is 6. The molecule has 1 saturated heterocycles. The summed E-state index contributed by atoms with van der Waals surface area (Å²) < 4.78 is 0. The van der Waals surface area contributed by atoms with Gasteiger partial charge in [-0.2, -0.15) is 5.10 Å². The van der Waals surface area contributed by atoms with Crippen LogP contribution in [0.5, 0.6) is 0 Å². The predicted molar refractivity (Wildman–Crippen MR) is 138 cm³/mol. The van der Waals surface area contributed by atoms with E-state index in [-0.39, 0.29) is 5.91 Å². The molecule has 168 valence electrons. The average Bonchev–Trinajstić information content (AvgIpc) is 3.53. The van der Waals surface area contributed by atoms with Crippen molar-refractivity contribution in [1.82, 2.24) is 15.1 Å². The number of nitrogens with one attached hydrogen (secondary N) is 2. The highest BCUT2D eigenvalue weighted by atomic mass is 32.1. The lowest BCUT2D eigenvalue weighted by Gasteiger charge is -2.17. The van der Waals surface area contributed by atoms with Crippen molar-refractivity contribution in [3.8, 4) is 0 Å². The standard InChI is InChI=1S/C27H28N4OS/c1-18-11-13-31(16-18)17-20-7-8-21(9-10-24-22-5-3-4-6-23(22)29-30-24)25(15-20)28-27(32)26-19(2)12-14-33-26/h3-10,12,14-15,18H,11,13,16-17H2,1-2H3,(H,28,32)(H,29,30)/b10-9+. The van der Waals surface area contributed by atoms with E-state index in [9.17, 15) is 4.79 Å². The number of hydrogen-bond acceptors (Lipinski definition) is 4. The quantitative estimate of drug-likeness (QED) is 0.363. The zero-order chi connectivity index (χ0) is 22.8. The van der Waals surface area contributed by atoms with Crippen molar-refractivity contribution >= 4 is 46.0 Å². The molecule has 0 spiro atoms. The topological polar surface area (TPSA) is 61.0 Å². The molecular formula is C27H28N4OS. The second-order valence-electron chi connectivity index (χ2n) is 8.93. The number of thiophene rings is 1. The number of benzene rings is 2. The van der Waals surface area contributed by atoms with Crippen LogP contribution < -0.4 is 5.32 Å². The third-order valence-corrected chi connectivity index (χ3v) is 7.28. The van der Waals surface area contributed by atoms with Crippen LogP contribution in [0, 0.1) is 12.8 Å². The number of likely N-dealkylation sites (tertiary alicyclic amines) is 1. The first kappa shape index (κ1) is 21.6. The number of amides is 1. The molecule has 33 heavy (non-hydrogen) atoms. The molecule has 0 radical (unpaired) electrons. The highest BCUT2D eigenvalue weighted by Crippen LogP contribution is 2.26.